The van der Waals surface area contributed by atoms with Gasteiger partial charge in [0, 0.05) is 12.6 Å². The monoisotopic (exact) mass is 337 g/mol. The highest BCUT2D eigenvalue weighted by atomic mass is 19.4. The van der Waals surface area contributed by atoms with Gasteiger partial charge in [-0.25, -0.2) is 0 Å². The maximum Gasteiger partial charge on any atom is 0.416 e. The van der Waals surface area contributed by atoms with Crippen LogP contribution in [-0.2, 0) is 19.1 Å². The maximum atomic E-state index is 12.5. The smallest absolute Gasteiger partial charge is 0.416 e. The van der Waals surface area contributed by atoms with Gasteiger partial charge in [-0.05, 0) is 61.6 Å². The van der Waals surface area contributed by atoms with E-state index in [1.807, 2.05) is 19.1 Å². The van der Waals surface area contributed by atoms with E-state index in [9.17, 15) is 18.3 Å². The lowest BCUT2D eigenvalue weighted by Gasteiger charge is -2.15. The van der Waals surface area contributed by atoms with Crippen LogP contribution in [0.3, 0.4) is 0 Å². The van der Waals surface area contributed by atoms with Crippen molar-refractivity contribution in [2.24, 2.45) is 0 Å². The van der Waals surface area contributed by atoms with E-state index in [0.29, 0.717) is 12.3 Å². The molecular formula is C19H22F3NO. The molecule has 0 radical (unpaired) electrons. The highest BCUT2D eigenvalue weighted by Crippen LogP contribution is 2.29. The third-order valence-corrected chi connectivity index (χ3v) is 4.06. The van der Waals surface area contributed by atoms with Gasteiger partial charge in [-0.1, -0.05) is 24.3 Å². The number of rotatable bonds is 6. The number of aryl methyl sites for hydroxylation is 2. The molecule has 2 N–H and O–H groups in total. The fraction of sp³-hybridized carbons (Fsp3) is 0.368. The van der Waals surface area contributed by atoms with E-state index in [0.717, 1.165) is 41.7 Å². The Morgan fingerprint density at radius 2 is 1.67 bits per heavy atom. The Kier molecular flexibility index (Phi) is 5.89. The fourth-order valence-electron chi connectivity index (χ4n) is 2.46. The van der Waals surface area contributed by atoms with E-state index in [2.05, 4.69) is 12.2 Å². The predicted octanol–water partition coefficient (Wildman–Crippen LogP) is 4.83. The number of benzene rings is 2. The average Bonchev–Trinajstić information content (AvgIpc) is 2.53. The minimum absolute atomic E-state index is 0.237. The van der Waals surface area contributed by atoms with Crippen molar-refractivity contribution >= 4 is 0 Å². The molecule has 130 valence electrons. The summed E-state index contributed by atoms with van der Waals surface area (Å²) in [6.07, 6.45) is -2.51. The quantitative estimate of drug-likeness (QED) is 0.791. The number of hydrogen-bond acceptors (Lipinski definition) is 2. The van der Waals surface area contributed by atoms with E-state index in [1.54, 1.807) is 6.07 Å². The lowest BCUT2D eigenvalue weighted by molar-refractivity contribution is -0.137. The molecule has 0 aliphatic rings. The molecule has 2 nitrogen and oxygen atoms in total. The molecular weight excluding hydrogens is 315 g/mol. The van der Waals surface area contributed by atoms with Gasteiger partial charge in [-0.2, -0.15) is 13.2 Å². The van der Waals surface area contributed by atoms with Crippen molar-refractivity contribution in [3.05, 3.63) is 64.7 Å². The summed E-state index contributed by atoms with van der Waals surface area (Å²) < 4.78 is 37.6. The molecule has 2 aromatic rings. The molecule has 0 aliphatic heterocycles. The number of aromatic hydroxyl groups is 1. The number of nitrogens with one attached hydrogen (secondary N) is 1. The third kappa shape index (κ3) is 5.27. The van der Waals surface area contributed by atoms with Gasteiger partial charge in [0.2, 0.25) is 0 Å². The van der Waals surface area contributed by atoms with E-state index in [4.69, 9.17) is 0 Å². The molecule has 1 atom stereocenters. The van der Waals surface area contributed by atoms with Crippen LogP contribution in [0.4, 0.5) is 13.2 Å². The zero-order chi connectivity index (χ0) is 17.7. The van der Waals surface area contributed by atoms with Crippen LogP contribution < -0.4 is 5.32 Å². The summed E-state index contributed by atoms with van der Waals surface area (Å²) in [6, 6.07) is 11.1. The number of phenolic OH excluding ortho intramolecular Hbond substituents is 1. The van der Waals surface area contributed by atoms with Gasteiger partial charge in [-0.15, -0.1) is 0 Å². The van der Waals surface area contributed by atoms with E-state index in [1.165, 1.54) is 12.1 Å². The van der Waals surface area contributed by atoms with Crippen molar-refractivity contribution in [3.8, 4) is 5.75 Å². The summed E-state index contributed by atoms with van der Waals surface area (Å²) in [4.78, 5) is 0. The fourth-order valence-corrected chi connectivity index (χ4v) is 2.46. The Morgan fingerprint density at radius 1 is 1.04 bits per heavy atom. The molecule has 0 aliphatic carbocycles. The van der Waals surface area contributed by atoms with Gasteiger partial charge in [0.15, 0.2) is 0 Å². The second-order valence-corrected chi connectivity index (χ2v) is 6.14. The van der Waals surface area contributed by atoms with Gasteiger partial charge in [0.05, 0.1) is 5.56 Å². The van der Waals surface area contributed by atoms with Crippen molar-refractivity contribution < 1.29 is 18.3 Å². The first-order valence-electron chi connectivity index (χ1n) is 7.93. The van der Waals surface area contributed by atoms with Gasteiger partial charge in [0.1, 0.15) is 5.75 Å². The van der Waals surface area contributed by atoms with Crippen LogP contribution in [0.25, 0.3) is 0 Å². The van der Waals surface area contributed by atoms with Gasteiger partial charge in [0.25, 0.3) is 0 Å². The molecule has 2 aromatic carbocycles. The van der Waals surface area contributed by atoms with Crippen molar-refractivity contribution in [2.75, 3.05) is 0 Å². The molecule has 5 heteroatoms. The first kappa shape index (κ1) is 18.3. The van der Waals surface area contributed by atoms with Crippen LogP contribution in [-0.4, -0.2) is 11.1 Å². The Morgan fingerprint density at radius 3 is 2.25 bits per heavy atom. The van der Waals surface area contributed by atoms with Crippen LogP contribution in [0, 0.1) is 6.92 Å². The van der Waals surface area contributed by atoms with Crippen LogP contribution in [0.2, 0.25) is 0 Å². The Hall–Kier alpha value is -2.01. The van der Waals surface area contributed by atoms with Crippen molar-refractivity contribution in [3.63, 3.8) is 0 Å². The van der Waals surface area contributed by atoms with Crippen LogP contribution in [0.15, 0.2) is 42.5 Å². The van der Waals surface area contributed by atoms with Crippen LogP contribution in [0.5, 0.6) is 5.75 Å². The standard InChI is InChI=1S/C19H22F3NO/c1-13-11-15(7-10-18(13)24)4-3-14(2)23-12-16-5-8-17(9-6-16)19(20,21)22/h5-11,14,23-24H,3-4,12H2,1-2H3/t14-/m0/s1. The highest BCUT2D eigenvalue weighted by molar-refractivity contribution is 5.35. The second kappa shape index (κ2) is 7.71. The SMILES string of the molecule is Cc1cc(CC[C@H](C)NCc2ccc(C(F)(F)F)cc2)ccc1O. The normalized spacial score (nSPS) is 13.0. The average molecular weight is 337 g/mol. The summed E-state index contributed by atoms with van der Waals surface area (Å²) in [6.45, 7) is 4.45. The van der Waals surface area contributed by atoms with Crippen molar-refractivity contribution in [2.45, 2.75) is 45.5 Å². The molecule has 0 heterocycles. The zero-order valence-electron chi connectivity index (χ0n) is 13.8. The van der Waals surface area contributed by atoms with E-state index < -0.39 is 11.7 Å². The predicted molar refractivity (Wildman–Crippen MR) is 88.9 cm³/mol. The molecule has 0 bridgehead atoms. The Labute approximate surface area is 140 Å². The topological polar surface area (TPSA) is 32.3 Å². The lowest BCUT2D eigenvalue weighted by atomic mass is 10.0. The third-order valence-electron chi connectivity index (χ3n) is 4.06. The maximum absolute atomic E-state index is 12.5. The highest BCUT2D eigenvalue weighted by Gasteiger charge is 2.29. The van der Waals surface area contributed by atoms with E-state index >= 15 is 0 Å². The van der Waals surface area contributed by atoms with Crippen molar-refractivity contribution in [1.29, 1.82) is 0 Å². The minimum atomic E-state index is -4.29. The molecule has 0 saturated carbocycles. The molecule has 0 spiro atoms. The number of alkyl halides is 3. The number of halogens is 3. The van der Waals surface area contributed by atoms with Gasteiger partial charge < -0.3 is 10.4 Å². The second-order valence-electron chi connectivity index (χ2n) is 6.14. The molecule has 0 aromatic heterocycles. The first-order valence-corrected chi connectivity index (χ1v) is 7.93. The summed E-state index contributed by atoms with van der Waals surface area (Å²) in [5.74, 6) is 0.298. The molecule has 0 unspecified atom stereocenters. The van der Waals surface area contributed by atoms with Gasteiger partial charge in [-0.3, -0.25) is 0 Å². The molecule has 0 amide bonds. The number of hydrogen-bond donors (Lipinski definition) is 2. The van der Waals surface area contributed by atoms with Gasteiger partial charge >= 0.3 is 6.18 Å². The Balaban J connectivity index is 1.80. The molecule has 2 rings (SSSR count). The largest absolute Gasteiger partial charge is 0.508 e. The summed E-state index contributed by atoms with van der Waals surface area (Å²) in [7, 11) is 0. The summed E-state index contributed by atoms with van der Waals surface area (Å²) in [5, 5.41) is 12.8. The lowest BCUT2D eigenvalue weighted by Crippen LogP contribution is -2.26. The first-order chi connectivity index (χ1) is 11.3. The molecule has 24 heavy (non-hydrogen) atoms. The van der Waals surface area contributed by atoms with Crippen LogP contribution >= 0.6 is 0 Å². The molecule has 0 saturated heterocycles. The van der Waals surface area contributed by atoms with Crippen LogP contribution in [0.1, 0.15) is 35.6 Å². The Bertz CT molecular complexity index is 665. The zero-order valence-corrected chi connectivity index (χ0v) is 13.8. The summed E-state index contributed by atoms with van der Waals surface area (Å²) in [5.41, 5.74) is 2.23. The minimum Gasteiger partial charge on any atom is -0.508 e. The van der Waals surface area contributed by atoms with Crippen molar-refractivity contribution in [1.82, 2.24) is 5.32 Å². The number of phenols is 1. The van der Waals surface area contributed by atoms with E-state index in [-0.39, 0.29) is 6.04 Å². The molecule has 0 fully saturated rings. The summed E-state index contributed by atoms with van der Waals surface area (Å²) >= 11 is 0.